The Morgan fingerprint density at radius 2 is 1.76 bits per heavy atom. The molecule has 0 atom stereocenters. The highest BCUT2D eigenvalue weighted by Crippen LogP contribution is 2.19. The van der Waals surface area contributed by atoms with E-state index in [1.807, 2.05) is 38.1 Å². The van der Waals surface area contributed by atoms with Gasteiger partial charge in [-0.15, -0.1) is 24.0 Å². The summed E-state index contributed by atoms with van der Waals surface area (Å²) in [4.78, 5) is 16.0. The van der Waals surface area contributed by atoms with Gasteiger partial charge in [0, 0.05) is 31.7 Å². The van der Waals surface area contributed by atoms with E-state index in [-0.39, 0.29) is 35.8 Å². The Hall–Kier alpha value is -1.35. The lowest BCUT2D eigenvalue weighted by molar-refractivity contribution is -0.118. The van der Waals surface area contributed by atoms with Crippen molar-refractivity contribution in [2.75, 3.05) is 25.5 Å². The highest BCUT2D eigenvalue weighted by atomic mass is 127. The molecule has 3 N–H and O–H groups in total. The van der Waals surface area contributed by atoms with E-state index in [1.165, 1.54) is 38.5 Å². The van der Waals surface area contributed by atoms with Crippen LogP contribution in [0.1, 0.15) is 57.9 Å². The van der Waals surface area contributed by atoms with Crippen LogP contribution in [-0.4, -0.2) is 38.2 Å². The number of nitrogens with one attached hydrogen (secondary N) is 3. The predicted molar refractivity (Wildman–Crippen MR) is 131 cm³/mol. The number of halogens is 1. The Labute approximate surface area is 192 Å². The summed E-state index contributed by atoms with van der Waals surface area (Å²) >= 11 is 0. The number of benzene rings is 1. The second-order valence-electron chi connectivity index (χ2n) is 7.68. The van der Waals surface area contributed by atoms with Crippen molar-refractivity contribution in [3.8, 4) is 0 Å². The summed E-state index contributed by atoms with van der Waals surface area (Å²) in [6.45, 7) is 5.88. The van der Waals surface area contributed by atoms with Crippen LogP contribution in [0.3, 0.4) is 0 Å². The molecule has 0 bridgehead atoms. The Morgan fingerprint density at radius 3 is 2.34 bits per heavy atom. The number of carbonyl (C=O) groups excluding carboxylic acids is 1. The summed E-state index contributed by atoms with van der Waals surface area (Å²) in [5.74, 6) is 0.769. The number of guanidine groups is 1. The maximum absolute atomic E-state index is 11.7. The van der Waals surface area contributed by atoms with Crippen LogP contribution in [0.4, 0.5) is 5.69 Å². The van der Waals surface area contributed by atoms with Crippen molar-refractivity contribution < 1.29 is 9.53 Å². The van der Waals surface area contributed by atoms with Crippen LogP contribution < -0.4 is 16.0 Å². The maximum atomic E-state index is 11.7. The van der Waals surface area contributed by atoms with Gasteiger partial charge in [0.05, 0.1) is 12.7 Å². The monoisotopic (exact) mass is 516 g/mol. The van der Waals surface area contributed by atoms with Crippen molar-refractivity contribution >= 4 is 41.5 Å². The molecule has 0 aliphatic heterocycles. The van der Waals surface area contributed by atoms with Gasteiger partial charge in [0.1, 0.15) is 0 Å². The summed E-state index contributed by atoms with van der Waals surface area (Å²) in [5, 5.41) is 9.51. The molecule has 1 fully saturated rings. The number of amides is 1. The Bertz CT molecular complexity index is 612. The fourth-order valence-corrected chi connectivity index (χ4v) is 3.20. The number of hydrogen-bond donors (Lipinski definition) is 3. The highest BCUT2D eigenvalue weighted by molar-refractivity contribution is 14.0. The van der Waals surface area contributed by atoms with E-state index in [4.69, 9.17) is 4.74 Å². The second-order valence-corrected chi connectivity index (χ2v) is 7.68. The van der Waals surface area contributed by atoms with E-state index in [2.05, 4.69) is 20.9 Å². The molecule has 1 amide bonds. The minimum atomic E-state index is -0.0257. The molecular formula is C22H37IN4O2. The molecule has 1 aromatic rings. The summed E-state index contributed by atoms with van der Waals surface area (Å²) in [5.41, 5.74) is 1.95. The smallest absolute Gasteiger partial charge is 0.226 e. The lowest BCUT2D eigenvalue weighted by atomic mass is 10.1. The van der Waals surface area contributed by atoms with Crippen LogP contribution in [0, 0.1) is 5.92 Å². The molecule has 7 heteroatoms. The number of hydrogen-bond acceptors (Lipinski definition) is 3. The zero-order valence-corrected chi connectivity index (χ0v) is 20.3. The highest BCUT2D eigenvalue weighted by Gasteiger charge is 2.12. The number of ether oxygens (including phenoxy) is 1. The third-order valence-corrected chi connectivity index (χ3v) is 4.98. The molecule has 0 radical (unpaired) electrons. The molecule has 1 saturated carbocycles. The summed E-state index contributed by atoms with van der Waals surface area (Å²) in [7, 11) is 1.77. The lowest BCUT2D eigenvalue weighted by Gasteiger charge is -2.17. The van der Waals surface area contributed by atoms with Gasteiger partial charge in [-0.05, 0) is 30.5 Å². The standard InChI is InChI=1S/C22H36N4O2.HI/c1-17(2)21(27)26-19-12-10-18(11-13-19)16-25-22(23-3)24-14-15-28-20-8-6-4-5-7-9-20;/h10-13,17,20H,4-9,14-16H2,1-3H3,(H,26,27)(H2,23,24,25);1H. The molecule has 1 aliphatic carbocycles. The van der Waals surface area contributed by atoms with E-state index in [9.17, 15) is 4.79 Å². The number of nitrogens with zero attached hydrogens (tertiary/aromatic N) is 1. The predicted octanol–water partition coefficient (Wildman–Crippen LogP) is 4.30. The molecule has 0 saturated heterocycles. The first kappa shape index (κ1) is 25.7. The Balaban J connectivity index is 0.00000420. The lowest BCUT2D eigenvalue weighted by Crippen LogP contribution is -2.38. The van der Waals surface area contributed by atoms with Crippen molar-refractivity contribution in [3.05, 3.63) is 29.8 Å². The average Bonchev–Trinajstić information content (AvgIpc) is 2.97. The summed E-state index contributed by atoms with van der Waals surface area (Å²) < 4.78 is 6.00. The molecule has 29 heavy (non-hydrogen) atoms. The van der Waals surface area contributed by atoms with Gasteiger partial charge in [0.2, 0.25) is 5.91 Å². The van der Waals surface area contributed by atoms with Crippen LogP contribution in [-0.2, 0) is 16.1 Å². The molecule has 1 aliphatic rings. The van der Waals surface area contributed by atoms with Gasteiger partial charge >= 0.3 is 0 Å². The quantitative estimate of drug-likeness (QED) is 0.158. The van der Waals surface area contributed by atoms with Crippen LogP contribution in [0.25, 0.3) is 0 Å². The fraction of sp³-hybridized carbons (Fsp3) is 0.636. The van der Waals surface area contributed by atoms with Gasteiger partial charge in [-0.2, -0.15) is 0 Å². The number of aliphatic imine (C=N–C) groups is 1. The largest absolute Gasteiger partial charge is 0.376 e. The van der Waals surface area contributed by atoms with E-state index < -0.39 is 0 Å². The van der Waals surface area contributed by atoms with Crippen LogP contribution >= 0.6 is 24.0 Å². The molecule has 164 valence electrons. The molecule has 0 aromatic heterocycles. The zero-order chi connectivity index (χ0) is 20.2. The minimum Gasteiger partial charge on any atom is -0.376 e. The molecule has 0 unspecified atom stereocenters. The molecule has 6 nitrogen and oxygen atoms in total. The van der Waals surface area contributed by atoms with Crippen molar-refractivity contribution in [1.82, 2.24) is 10.6 Å². The molecule has 0 heterocycles. The first-order valence-corrected chi connectivity index (χ1v) is 10.5. The second kappa shape index (κ2) is 14.6. The van der Waals surface area contributed by atoms with Crippen LogP contribution in [0.15, 0.2) is 29.3 Å². The van der Waals surface area contributed by atoms with Crippen LogP contribution in [0.2, 0.25) is 0 Å². The van der Waals surface area contributed by atoms with Gasteiger partial charge in [0.25, 0.3) is 0 Å². The maximum Gasteiger partial charge on any atom is 0.226 e. The first-order valence-electron chi connectivity index (χ1n) is 10.5. The van der Waals surface area contributed by atoms with Gasteiger partial charge in [0.15, 0.2) is 5.96 Å². The van der Waals surface area contributed by atoms with E-state index >= 15 is 0 Å². The fourth-order valence-electron chi connectivity index (χ4n) is 3.20. The normalized spacial score (nSPS) is 15.4. The van der Waals surface area contributed by atoms with Crippen molar-refractivity contribution in [3.63, 3.8) is 0 Å². The average molecular weight is 516 g/mol. The van der Waals surface area contributed by atoms with Gasteiger partial charge in [-0.1, -0.05) is 51.7 Å². The molecule has 1 aromatic carbocycles. The van der Waals surface area contributed by atoms with Gasteiger partial charge in [-0.3, -0.25) is 9.79 Å². The van der Waals surface area contributed by atoms with Crippen LogP contribution in [0.5, 0.6) is 0 Å². The third-order valence-electron chi connectivity index (χ3n) is 4.98. The Morgan fingerprint density at radius 1 is 1.10 bits per heavy atom. The van der Waals surface area contributed by atoms with E-state index in [0.717, 1.165) is 23.8 Å². The van der Waals surface area contributed by atoms with Crippen molar-refractivity contribution in [1.29, 1.82) is 0 Å². The van der Waals surface area contributed by atoms with Gasteiger partial charge < -0.3 is 20.7 Å². The zero-order valence-electron chi connectivity index (χ0n) is 18.0. The van der Waals surface area contributed by atoms with Crippen molar-refractivity contribution in [2.24, 2.45) is 10.9 Å². The molecular weight excluding hydrogens is 479 g/mol. The first-order chi connectivity index (χ1) is 13.6. The summed E-state index contributed by atoms with van der Waals surface area (Å²) in [6.07, 6.45) is 8.09. The summed E-state index contributed by atoms with van der Waals surface area (Å²) in [6, 6.07) is 7.86. The van der Waals surface area contributed by atoms with Gasteiger partial charge in [-0.25, -0.2) is 0 Å². The number of carbonyl (C=O) groups is 1. The third kappa shape index (κ3) is 10.3. The molecule has 2 rings (SSSR count). The van der Waals surface area contributed by atoms with Crippen molar-refractivity contribution in [2.45, 2.75) is 65.0 Å². The Kier molecular flexibility index (Phi) is 12.9. The topological polar surface area (TPSA) is 74.8 Å². The number of anilines is 1. The SMILES string of the molecule is CN=C(NCCOC1CCCCCC1)NCc1ccc(NC(=O)C(C)C)cc1.I. The van der Waals surface area contributed by atoms with E-state index in [0.29, 0.717) is 19.3 Å². The number of rotatable bonds is 8. The minimum absolute atomic E-state index is 0. The van der Waals surface area contributed by atoms with E-state index in [1.54, 1.807) is 7.05 Å². The molecule has 0 spiro atoms.